The molecule has 1 unspecified atom stereocenters. The molecule has 1 aromatic carbocycles. The van der Waals surface area contributed by atoms with Crippen LogP contribution in [0.25, 0.3) is 0 Å². The van der Waals surface area contributed by atoms with Crippen LogP contribution in [-0.2, 0) is 4.79 Å². The van der Waals surface area contributed by atoms with Gasteiger partial charge in [-0.05, 0) is 36.7 Å². The SMILES string of the molecule is COc1ccc(SCC(=O)NCC(C)CN)cc1.Cl. The van der Waals surface area contributed by atoms with Gasteiger partial charge in [-0.25, -0.2) is 0 Å². The molecular weight excluding hydrogens is 284 g/mol. The van der Waals surface area contributed by atoms with Gasteiger partial charge in [0.2, 0.25) is 5.91 Å². The lowest BCUT2D eigenvalue weighted by Gasteiger charge is -2.09. The van der Waals surface area contributed by atoms with Crippen LogP contribution in [0.2, 0.25) is 0 Å². The van der Waals surface area contributed by atoms with Gasteiger partial charge < -0.3 is 15.8 Å². The van der Waals surface area contributed by atoms with Crippen molar-refractivity contribution >= 4 is 30.1 Å². The van der Waals surface area contributed by atoms with E-state index < -0.39 is 0 Å². The number of thioether (sulfide) groups is 1. The maximum Gasteiger partial charge on any atom is 0.230 e. The molecule has 6 heteroatoms. The fourth-order valence-electron chi connectivity index (χ4n) is 1.24. The van der Waals surface area contributed by atoms with Gasteiger partial charge in [0, 0.05) is 11.4 Å². The fraction of sp³-hybridized carbons (Fsp3) is 0.462. The quantitative estimate of drug-likeness (QED) is 0.756. The molecule has 1 rings (SSSR count). The van der Waals surface area contributed by atoms with Gasteiger partial charge in [0.25, 0.3) is 0 Å². The number of hydrogen-bond donors (Lipinski definition) is 2. The number of amides is 1. The summed E-state index contributed by atoms with van der Waals surface area (Å²) >= 11 is 1.51. The van der Waals surface area contributed by atoms with Crippen molar-refractivity contribution in [3.05, 3.63) is 24.3 Å². The highest BCUT2D eigenvalue weighted by Crippen LogP contribution is 2.20. The predicted molar refractivity (Wildman–Crippen MR) is 82.2 cm³/mol. The predicted octanol–water partition coefficient (Wildman–Crippen LogP) is 1.92. The second kappa shape index (κ2) is 9.95. The van der Waals surface area contributed by atoms with E-state index in [1.54, 1.807) is 7.11 Å². The molecule has 0 aliphatic heterocycles. The minimum Gasteiger partial charge on any atom is -0.497 e. The Hall–Kier alpha value is -0.910. The summed E-state index contributed by atoms with van der Waals surface area (Å²) in [7, 11) is 1.63. The highest BCUT2D eigenvalue weighted by atomic mass is 35.5. The molecule has 0 saturated heterocycles. The molecule has 19 heavy (non-hydrogen) atoms. The van der Waals surface area contributed by atoms with Crippen molar-refractivity contribution in [2.75, 3.05) is 26.0 Å². The molecule has 0 aromatic heterocycles. The van der Waals surface area contributed by atoms with Crippen molar-refractivity contribution in [3.8, 4) is 5.75 Å². The van der Waals surface area contributed by atoms with Crippen LogP contribution in [0.5, 0.6) is 5.75 Å². The Labute approximate surface area is 124 Å². The van der Waals surface area contributed by atoms with Crippen molar-refractivity contribution in [1.82, 2.24) is 5.32 Å². The first-order chi connectivity index (χ1) is 8.65. The Kier molecular flexibility index (Phi) is 9.47. The van der Waals surface area contributed by atoms with Crippen LogP contribution in [0.15, 0.2) is 29.2 Å². The van der Waals surface area contributed by atoms with Gasteiger partial charge in [-0.1, -0.05) is 6.92 Å². The number of rotatable bonds is 7. The third-order valence-corrected chi connectivity index (χ3v) is 3.49. The molecule has 0 saturated carbocycles. The molecule has 0 fully saturated rings. The molecule has 108 valence electrons. The van der Waals surface area contributed by atoms with Crippen LogP contribution in [0.4, 0.5) is 0 Å². The standard InChI is InChI=1S/C13H20N2O2S.ClH/c1-10(7-14)8-15-13(16)9-18-12-5-3-11(17-2)4-6-12;/h3-6,10H,7-9,14H2,1-2H3,(H,15,16);1H. The van der Waals surface area contributed by atoms with Crippen molar-refractivity contribution in [1.29, 1.82) is 0 Å². The minimum atomic E-state index is 0. The topological polar surface area (TPSA) is 64.3 Å². The van der Waals surface area contributed by atoms with Crippen molar-refractivity contribution in [2.45, 2.75) is 11.8 Å². The third-order valence-electron chi connectivity index (χ3n) is 2.48. The van der Waals surface area contributed by atoms with Gasteiger partial charge >= 0.3 is 0 Å². The summed E-state index contributed by atoms with van der Waals surface area (Å²) in [6.45, 7) is 3.24. The number of benzene rings is 1. The highest BCUT2D eigenvalue weighted by Gasteiger charge is 2.05. The van der Waals surface area contributed by atoms with E-state index in [9.17, 15) is 4.79 Å². The summed E-state index contributed by atoms with van der Waals surface area (Å²) in [4.78, 5) is 12.6. The van der Waals surface area contributed by atoms with Crippen LogP contribution in [0.3, 0.4) is 0 Å². The van der Waals surface area contributed by atoms with E-state index in [1.807, 2.05) is 31.2 Å². The molecule has 0 aliphatic carbocycles. The second-order valence-corrected chi connectivity index (χ2v) is 5.16. The molecule has 0 heterocycles. The summed E-state index contributed by atoms with van der Waals surface area (Å²) in [5, 5.41) is 2.86. The smallest absolute Gasteiger partial charge is 0.230 e. The number of nitrogens with two attached hydrogens (primary N) is 1. The maximum absolute atomic E-state index is 11.6. The summed E-state index contributed by atoms with van der Waals surface area (Å²) in [6.07, 6.45) is 0. The molecule has 0 bridgehead atoms. The van der Waals surface area contributed by atoms with Crippen LogP contribution in [0.1, 0.15) is 6.92 Å². The van der Waals surface area contributed by atoms with E-state index in [4.69, 9.17) is 10.5 Å². The van der Waals surface area contributed by atoms with Gasteiger partial charge in [-0.2, -0.15) is 0 Å². The molecule has 0 radical (unpaired) electrons. The van der Waals surface area contributed by atoms with Gasteiger partial charge in [0.05, 0.1) is 12.9 Å². The van der Waals surface area contributed by atoms with E-state index in [0.717, 1.165) is 10.6 Å². The molecule has 4 nitrogen and oxygen atoms in total. The molecule has 1 amide bonds. The average molecular weight is 305 g/mol. The lowest BCUT2D eigenvalue weighted by Crippen LogP contribution is -2.32. The Morgan fingerprint density at radius 2 is 2.05 bits per heavy atom. The normalized spacial score (nSPS) is 11.3. The molecular formula is C13H21ClN2O2S. The largest absolute Gasteiger partial charge is 0.497 e. The van der Waals surface area contributed by atoms with E-state index in [1.165, 1.54) is 11.8 Å². The molecule has 1 aromatic rings. The lowest BCUT2D eigenvalue weighted by molar-refractivity contribution is -0.118. The Balaban J connectivity index is 0.00000324. The maximum atomic E-state index is 11.6. The summed E-state index contributed by atoms with van der Waals surface area (Å²) < 4.78 is 5.07. The lowest BCUT2D eigenvalue weighted by atomic mass is 10.2. The third kappa shape index (κ3) is 7.30. The number of hydrogen-bond acceptors (Lipinski definition) is 4. The fourth-order valence-corrected chi connectivity index (χ4v) is 1.97. The van der Waals surface area contributed by atoms with Gasteiger partial charge in [-0.15, -0.1) is 24.2 Å². The number of carbonyl (C=O) groups is 1. The summed E-state index contributed by atoms with van der Waals surface area (Å²) in [5.41, 5.74) is 5.48. The Morgan fingerprint density at radius 1 is 1.42 bits per heavy atom. The zero-order valence-corrected chi connectivity index (χ0v) is 12.9. The molecule has 0 aliphatic rings. The Bertz CT molecular complexity index is 373. The van der Waals surface area contributed by atoms with E-state index >= 15 is 0 Å². The first-order valence-corrected chi connectivity index (χ1v) is 6.88. The molecule has 3 N–H and O–H groups in total. The monoisotopic (exact) mass is 304 g/mol. The highest BCUT2D eigenvalue weighted by molar-refractivity contribution is 8.00. The first-order valence-electron chi connectivity index (χ1n) is 5.89. The number of halogens is 1. The first kappa shape index (κ1) is 18.1. The number of methoxy groups -OCH3 is 1. The molecule has 1 atom stereocenters. The van der Waals surface area contributed by atoms with Crippen LogP contribution < -0.4 is 15.8 Å². The average Bonchev–Trinajstić information content (AvgIpc) is 2.42. The summed E-state index contributed by atoms with van der Waals surface area (Å²) in [6, 6.07) is 7.66. The Morgan fingerprint density at radius 3 is 2.58 bits per heavy atom. The van der Waals surface area contributed by atoms with Crippen molar-refractivity contribution in [3.63, 3.8) is 0 Å². The van der Waals surface area contributed by atoms with Gasteiger partial charge in [-0.3, -0.25) is 4.79 Å². The van der Waals surface area contributed by atoms with Crippen LogP contribution in [0, 0.1) is 5.92 Å². The zero-order chi connectivity index (χ0) is 13.4. The van der Waals surface area contributed by atoms with Gasteiger partial charge in [0.1, 0.15) is 5.75 Å². The van der Waals surface area contributed by atoms with E-state index in [2.05, 4.69) is 5.32 Å². The number of carbonyl (C=O) groups excluding carboxylic acids is 1. The molecule has 0 spiro atoms. The second-order valence-electron chi connectivity index (χ2n) is 4.11. The van der Waals surface area contributed by atoms with Gasteiger partial charge in [0.15, 0.2) is 0 Å². The van der Waals surface area contributed by atoms with Crippen LogP contribution in [-0.4, -0.2) is 31.9 Å². The van der Waals surface area contributed by atoms with E-state index in [-0.39, 0.29) is 18.3 Å². The van der Waals surface area contributed by atoms with Crippen molar-refractivity contribution in [2.24, 2.45) is 11.7 Å². The van der Waals surface area contributed by atoms with Crippen LogP contribution >= 0.6 is 24.2 Å². The minimum absolute atomic E-state index is 0. The van der Waals surface area contributed by atoms with E-state index in [0.29, 0.717) is 24.8 Å². The number of nitrogens with one attached hydrogen (secondary N) is 1. The summed E-state index contributed by atoms with van der Waals surface area (Å²) in [5.74, 6) is 1.60. The number of ether oxygens (including phenoxy) is 1. The zero-order valence-electron chi connectivity index (χ0n) is 11.2. The van der Waals surface area contributed by atoms with Crippen molar-refractivity contribution < 1.29 is 9.53 Å².